The molecule has 0 bridgehead atoms. The fourth-order valence-electron chi connectivity index (χ4n) is 0.908. The fourth-order valence-corrected chi connectivity index (χ4v) is 2.17. The van der Waals surface area contributed by atoms with Crippen molar-refractivity contribution in [2.45, 2.75) is 0 Å². The van der Waals surface area contributed by atoms with Crippen molar-refractivity contribution in [2.75, 3.05) is 0 Å². The van der Waals surface area contributed by atoms with Gasteiger partial charge in [0.2, 0.25) is 0 Å². The first-order valence-corrected chi connectivity index (χ1v) is 5.00. The summed E-state index contributed by atoms with van der Waals surface area (Å²) in [4.78, 5) is 10.5. The van der Waals surface area contributed by atoms with Gasteiger partial charge in [-0.05, 0) is 10.8 Å². The van der Waals surface area contributed by atoms with Gasteiger partial charge in [0.05, 0.1) is 6.20 Å². The van der Waals surface area contributed by atoms with Crippen LogP contribution in [0.15, 0.2) is 29.2 Å². The van der Waals surface area contributed by atoms with E-state index in [4.69, 9.17) is 5.11 Å². The third-order valence-corrected chi connectivity index (χ3v) is 3.06. The molecule has 0 saturated heterocycles. The van der Waals surface area contributed by atoms with Crippen molar-refractivity contribution in [3.63, 3.8) is 0 Å². The molecule has 0 radical (unpaired) electrons. The summed E-state index contributed by atoms with van der Waals surface area (Å²) in [6.45, 7) is 0. The summed E-state index contributed by atoms with van der Waals surface area (Å²) in [5.41, 5.74) is -0.0174. The molecule has 1 aromatic rings. The Morgan fingerprint density at radius 3 is 2.69 bits per heavy atom. The SMILES string of the molecule is O=C(O)c1cnn([SH]2C=CC=C2)n1. The lowest BCUT2D eigenvalue weighted by Crippen LogP contribution is -2.00. The topological polar surface area (TPSA) is 68.0 Å². The minimum absolute atomic E-state index is 0.0174. The smallest absolute Gasteiger partial charge is 0.358 e. The summed E-state index contributed by atoms with van der Waals surface area (Å²) in [5, 5.41) is 20.2. The first-order chi connectivity index (χ1) is 6.27. The number of thiol groups is 1. The first-order valence-electron chi connectivity index (χ1n) is 3.56. The Morgan fingerprint density at radius 1 is 1.46 bits per heavy atom. The zero-order valence-corrected chi connectivity index (χ0v) is 7.43. The Labute approximate surface area is 76.8 Å². The fraction of sp³-hybridized carbons (Fsp3) is 0. The van der Waals surface area contributed by atoms with Crippen LogP contribution in [0.3, 0.4) is 0 Å². The highest BCUT2D eigenvalue weighted by Gasteiger charge is 2.10. The molecule has 0 spiro atoms. The van der Waals surface area contributed by atoms with Gasteiger partial charge < -0.3 is 5.11 Å². The van der Waals surface area contributed by atoms with E-state index in [0.29, 0.717) is 0 Å². The summed E-state index contributed by atoms with van der Waals surface area (Å²) in [6.07, 6.45) is 5.05. The second-order valence-corrected chi connectivity index (χ2v) is 4.08. The minimum atomic E-state index is -1.05. The van der Waals surface area contributed by atoms with Crippen molar-refractivity contribution in [1.82, 2.24) is 14.4 Å². The number of allylic oxidation sites excluding steroid dienone is 2. The molecule has 0 fully saturated rings. The number of aromatic carboxylic acids is 1. The van der Waals surface area contributed by atoms with Crippen molar-refractivity contribution in [1.29, 1.82) is 0 Å². The Kier molecular flexibility index (Phi) is 1.90. The summed E-state index contributed by atoms with van der Waals surface area (Å²) < 4.78 is 1.43. The van der Waals surface area contributed by atoms with Crippen LogP contribution in [0.4, 0.5) is 0 Å². The molecular formula is C7H7N3O2S. The number of aromatic nitrogens is 3. The molecule has 5 nitrogen and oxygen atoms in total. The zero-order valence-electron chi connectivity index (χ0n) is 6.53. The van der Waals surface area contributed by atoms with Crippen LogP contribution in [0, 0.1) is 0 Å². The lowest BCUT2D eigenvalue weighted by atomic mass is 10.5. The number of carboxylic acid groups (broad SMARTS) is 1. The molecule has 2 heterocycles. The number of carboxylic acids is 1. The highest BCUT2D eigenvalue weighted by molar-refractivity contribution is 8.20. The Hall–Kier alpha value is -1.56. The van der Waals surface area contributed by atoms with Gasteiger partial charge in [-0.15, -0.1) is 9.30 Å². The molecule has 2 rings (SSSR count). The van der Waals surface area contributed by atoms with Gasteiger partial charge in [0.15, 0.2) is 5.69 Å². The predicted octanol–water partition coefficient (Wildman–Crippen LogP) is 0.782. The average Bonchev–Trinajstić information content (AvgIpc) is 2.75. The van der Waals surface area contributed by atoms with E-state index in [9.17, 15) is 4.79 Å². The molecule has 68 valence electrons. The normalized spacial score (nSPS) is 16.8. The lowest BCUT2D eigenvalue weighted by Gasteiger charge is -2.06. The van der Waals surface area contributed by atoms with Gasteiger partial charge in [-0.2, -0.15) is 5.10 Å². The van der Waals surface area contributed by atoms with Gasteiger partial charge in [0.25, 0.3) is 0 Å². The average molecular weight is 197 g/mol. The number of nitrogens with zero attached hydrogens (tertiary/aromatic N) is 3. The Morgan fingerprint density at radius 2 is 2.15 bits per heavy atom. The molecule has 0 aliphatic carbocycles. The third-order valence-electron chi connectivity index (χ3n) is 1.49. The standard InChI is InChI=1S/C7H7N3O2S/c11-7(12)6-5-8-10(9-6)13-3-1-2-4-13/h1-5,13H,(H,11,12). The largest absolute Gasteiger partial charge is 0.476 e. The van der Waals surface area contributed by atoms with Crippen molar-refractivity contribution >= 4 is 17.1 Å². The van der Waals surface area contributed by atoms with Crippen LogP contribution in [0.1, 0.15) is 10.5 Å². The quantitative estimate of drug-likeness (QED) is 0.687. The molecule has 13 heavy (non-hydrogen) atoms. The van der Waals surface area contributed by atoms with Crippen molar-refractivity contribution in [3.8, 4) is 0 Å². The van der Waals surface area contributed by atoms with Gasteiger partial charge in [0.1, 0.15) is 0 Å². The van der Waals surface area contributed by atoms with Crippen LogP contribution in [-0.2, 0) is 0 Å². The maximum atomic E-state index is 10.5. The number of carbonyl (C=O) groups is 1. The molecule has 1 aliphatic rings. The van der Waals surface area contributed by atoms with Gasteiger partial charge in [-0.3, -0.25) is 0 Å². The van der Waals surface area contributed by atoms with E-state index in [2.05, 4.69) is 10.2 Å². The van der Waals surface area contributed by atoms with E-state index >= 15 is 0 Å². The van der Waals surface area contributed by atoms with Crippen LogP contribution in [0.25, 0.3) is 0 Å². The van der Waals surface area contributed by atoms with Crippen LogP contribution in [0.5, 0.6) is 0 Å². The van der Waals surface area contributed by atoms with E-state index in [1.807, 2.05) is 23.0 Å². The Balaban J connectivity index is 2.27. The molecule has 1 aromatic heterocycles. The van der Waals surface area contributed by atoms with E-state index in [0.717, 1.165) is 0 Å². The molecule has 0 atom stereocenters. The van der Waals surface area contributed by atoms with E-state index in [1.165, 1.54) is 10.4 Å². The monoisotopic (exact) mass is 197 g/mol. The van der Waals surface area contributed by atoms with E-state index in [1.54, 1.807) is 0 Å². The summed E-state index contributed by atoms with van der Waals surface area (Å²) in [6, 6.07) is 0. The molecule has 0 unspecified atom stereocenters. The minimum Gasteiger partial charge on any atom is -0.476 e. The molecule has 0 saturated carbocycles. The van der Waals surface area contributed by atoms with Crippen LogP contribution >= 0.6 is 11.1 Å². The maximum absolute atomic E-state index is 10.5. The van der Waals surface area contributed by atoms with Crippen LogP contribution in [0.2, 0.25) is 0 Å². The van der Waals surface area contributed by atoms with Crippen molar-refractivity contribution in [3.05, 3.63) is 34.9 Å². The second kappa shape index (κ2) is 3.06. The molecule has 6 heteroatoms. The summed E-state index contributed by atoms with van der Waals surface area (Å²) >= 11 is -0.674. The van der Waals surface area contributed by atoms with Crippen LogP contribution < -0.4 is 0 Å². The van der Waals surface area contributed by atoms with Crippen molar-refractivity contribution < 1.29 is 9.90 Å². The summed E-state index contributed by atoms with van der Waals surface area (Å²) in [7, 11) is 0. The predicted molar refractivity (Wildman–Crippen MR) is 49.6 cm³/mol. The van der Waals surface area contributed by atoms with Gasteiger partial charge in [0, 0.05) is 0 Å². The molecule has 1 aliphatic heterocycles. The maximum Gasteiger partial charge on any atom is 0.358 e. The number of rotatable bonds is 2. The molecule has 0 aromatic carbocycles. The second-order valence-electron chi connectivity index (χ2n) is 2.37. The molecule has 1 N–H and O–H groups in total. The van der Waals surface area contributed by atoms with Gasteiger partial charge in [-0.1, -0.05) is 23.2 Å². The Bertz CT molecular complexity index is 384. The molecular weight excluding hydrogens is 190 g/mol. The first kappa shape index (κ1) is 8.06. The zero-order chi connectivity index (χ0) is 9.26. The van der Waals surface area contributed by atoms with Crippen molar-refractivity contribution in [2.24, 2.45) is 0 Å². The third kappa shape index (κ3) is 1.48. The van der Waals surface area contributed by atoms with Gasteiger partial charge >= 0.3 is 5.97 Å². The highest BCUT2D eigenvalue weighted by Crippen LogP contribution is 2.32. The summed E-state index contributed by atoms with van der Waals surface area (Å²) in [5.74, 6) is -1.05. The van der Waals surface area contributed by atoms with Gasteiger partial charge in [-0.25, -0.2) is 4.79 Å². The number of hydrogen-bond acceptors (Lipinski definition) is 3. The highest BCUT2D eigenvalue weighted by atomic mass is 32.2. The van der Waals surface area contributed by atoms with E-state index < -0.39 is 17.1 Å². The van der Waals surface area contributed by atoms with E-state index in [-0.39, 0.29) is 5.69 Å². The lowest BCUT2D eigenvalue weighted by molar-refractivity contribution is 0.0690. The van der Waals surface area contributed by atoms with Crippen LogP contribution in [-0.4, -0.2) is 25.5 Å². The molecule has 0 amide bonds. The number of hydrogen-bond donors (Lipinski definition) is 2.